The standard InChI is InChI=1S/C14H19N3O3/c1-14(2,3)16-12(18)13(19)17-15-9-10-5-7-11(20-4)8-6-10/h5-9H,1-4H3,(H,16,18)(H,17,19)/b15-9-. The second kappa shape index (κ2) is 6.70. The molecule has 1 rings (SSSR count). The molecule has 0 radical (unpaired) electrons. The number of nitrogens with one attached hydrogen (secondary N) is 2. The first kappa shape index (κ1) is 15.7. The molecule has 2 amide bonds. The molecule has 0 aliphatic rings. The Labute approximate surface area is 118 Å². The van der Waals surface area contributed by atoms with Crippen molar-refractivity contribution in [3.05, 3.63) is 29.8 Å². The molecule has 20 heavy (non-hydrogen) atoms. The summed E-state index contributed by atoms with van der Waals surface area (Å²) in [6, 6.07) is 7.11. The van der Waals surface area contributed by atoms with Gasteiger partial charge >= 0.3 is 11.8 Å². The van der Waals surface area contributed by atoms with Crippen LogP contribution in [0.15, 0.2) is 29.4 Å². The summed E-state index contributed by atoms with van der Waals surface area (Å²) in [6.45, 7) is 5.37. The SMILES string of the molecule is COc1ccc(/C=N\NC(=O)C(=O)NC(C)(C)C)cc1. The van der Waals surface area contributed by atoms with E-state index in [4.69, 9.17) is 4.74 Å². The van der Waals surface area contributed by atoms with E-state index in [9.17, 15) is 9.59 Å². The summed E-state index contributed by atoms with van der Waals surface area (Å²) in [5, 5.41) is 6.26. The molecule has 1 aromatic carbocycles. The van der Waals surface area contributed by atoms with Gasteiger partial charge in [0, 0.05) is 5.54 Å². The highest BCUT2D eigenvalue weighted by molar-refractivity contribution is 6.35. The predicted octanol–water partition coefficient (Wildman–Crippen LogP) is 1.06. The molecule has 0 aliphatic carbocycles. The Bertz CT molecular complexity index is 501. The Morgan fingerprint density at radius 2 is 1.75 bits per heavy atom. The molecular formula is C14H19N3O3. The average molecular weight is 277 g/mol. The van der Waals surface area contributed by atoms with Crippen LogP contribution < -0.4 is 15.5 Å². The summed E-state index contributed by atoms with van der Waals surface area (Å²) in [5.41, 5.74) is 2.49. The van der Waals surface area contributed by atoms with Gasteiger partial charge in [-0.3, -0.25) is 9.59 Å². The predicted molar refractivity (Wildman–Crippen MR) is 76.6 cm³/mol. The lowest BCUT2D eigenvalue weighted by Gasteiger charge is -2.19. The minimum atomic E-state index is -0.801. The van der Waals surface area contributed by atoms with E-state index in [1.807, 2.05) is 0 Å². The topological polar surface area (TPSA) is 79.8 Å². The minimum absolute atomic E-state index is 0.464. The zero-order valence-electron chi connectivity index (χ0n) is 12.1. The van der Waals surface area contributed by atoms with Gasteiger partial charge in [0.05, 0.1) is 13.3 Å². The Morgan fingerprint density at radius 1 is 1.15 bits per heavy atom. The zero-order chi connectivity index (χ0) is 15.2. The lowest BCUT2D eigenvalue weighted by Crippen LogP contribution is -2.47. The summed E-state index contributed by atoms with van der Waals surface area (Å²) in [6.07, 6.45) is 1.45. The van der Waals surface area contributed by atoms with Gasteiger partial charge in [-0.05, 0) is 50.6 Å². The average Bonchev–Trinajstić information content (AvgIpc) is 2.37. The van der Waals surface area contributed by atoms with Crippen molar-refractivity contribution in [3.8, 4) is 5.75 Å². The molecule has 6 heteroatoms. The van der Waals surface area contributed by atoms with Gasteiger partial charge in [0.15, 0.2) is 0 Å². The summed E-state index contributed by atoms with van der Waals surface area (Å²) < 4.78 is 5.02. The van der Waals surface area contributed by atoms with Crippen molar-refractivity contribution in [3.63, 3.8) is 0 Å². The summed E-state index contributed by atoms with van der Waals surface area (Å²) >= 11 is 0. The first-order valence-electron chi connectivity index (χ1n) is 6.11. The van der Waals surface area contributed by atoms with Gasteiger partial charge in [0.2, 0.25) is 0 Å². The number of ether oxygens (including phenoxy) is 1. The van der Waals surface area contributed by atoms with E-state index < -0.39 is 17.4 Å². The fourth-order valence-corrected chi connectivity index (χ4v) is 1.30. The van der Waals surface area contributed by atoms with Crippen LogP contribution in [-0.4, -0.2) is 30.7 Å². The highest BCUT2D eigenvalue weighted by atomic mass is 16.5. The van der Waals surface area contributed by atoms with Crippen molar-refractivity contribution in [1.29, 1.82) is 0 Å². The monoisotopic (exact) mass is 277 g/mol. The highest BCUT2D eigenvalue weighted by Crippen LogP contribution is 2.09. The van der Waals surface area contributed by atoms with Crippen molar-refractivity contribution in [2.45, 2.75) is 26.3 Å². The molecule has 0 saturated carbocycles. The maximum atomic E-state index is 11.5. The number of methoxy groups -OCH3 is 1. The van der Waals surface area contributed by atoms with Crippen LogP contribution in [0.1, 0.15) is 26.3 Å². The molecule has 108 valence electrons. The number of hydrazone groups is 1. The summed E-state index contributed by atoms with van der Waals surface area (Å²) in [4.78, 5) is 22.9. The molecule has 0 saturated heterocycles. The Kier molecular flexibility index (Phi) is 5.25. The van der Waals surface area contributed by atoms with E-state index in [1.165, 1.54) is 6.21 Å². The lowest BCUT2D eigenvalue weighted by atomic mass is 10.1. The van der Waals surface area contributed by atoms with Crippen LogP contribution in [0.2, 0.25) is 0 Å². The third-order valence-electron chi connectivity index (χ3n) is 2.19. The minimum Gasteiger partial charge on any atom is -0.497 e. The van der Waals surface area contributed by atoms with Crippen LogP contribution in [0.25, 0.3) is 0 Å². The second-order valence-electron chi connectivity index (χ2n) is 5.18. The van der Waals surface area contributed by atoms with Gasteiger partial charge in [-0.1, -0.05) is 0 Å². The number of hydrogen-bond donors (Lipinski definition) is 2. The number of rotatable bonds is 3. The lowest BCUT2D eigenvalue weighted by molar-refractivity contribution is -0.140. The number of amides is 2. The fraction of sp³-hybridized carbons (Fsp3) is 0.357. The molecule has 0 spiro atoms. The van der Waals surface area contributed by atoms with E-state index in [-0.39, 0.29) is 0 Å². The summed E-state index contributed by atoms with van der Waals surface area (Å²) in [5.74, 6) is -0.787. The van der Waals surface area contributed by atoms with Crippen LogP contribution in [0, 0.1) is 0 Å². The van der Waals surface area contributed by atoms with Gasteiger partial charge in [-0.25, -0.2) is 5.43 Å². The van der Waals surface area contributed by atoms with Crippen molar-refractivity contribution in [2.24, 2.45) is 5.10 Å². The second-order valence-corrected chi connectivity index (χ2v) is 5.18. The number of benzene rings is 1. The maximum Gasteiger partial charge on any atom is 0.329 e. The van der Waals surface area contributed by atoms with E-state index in [1.54, 1.807) is 52.1 Å². The molecule has 0 unspecified atom stereocenters. The van der Waals surface area contributed by atoms with E-state index in [0.717, 1.165) is 11.3 Å². The number of carbonyl (C=O) groups is 2. The van der Waals surface area contributed by atoms with Gasteiger partial charge in [0.25, 0.3) is 0 Å². The zero-order valence-corrected chi connectivity index (χ0v) is 12.1. The first-order chi connectivity index (χ1) is 9.31. The van der Waals surface area contributed by atoms with Crippen LogP contribution >= 0.6 is 0 Å². The molecule has 0 atom stereocenters. The molecule has 0 aliphatic heterocycles. The Morgan fingerprint density at radius 3 is 2.25 bits per heavy atom. The molecule has 1 aromatic rings. The van der Waals surface area contributed by atoms with Crippen LogP contribution in [-0.2, 0) is 9.59 Å². The molecule has 0 aromatic heterocycles. The number of carbonyl (C=O) groups excluding carboxylic acids is 2. The van der Waals surface area contributed by atoms with Crippen molar-refractivity contribution >= 4 is 18.0 Å². The van der Waals surface area contributed by atoms with Crippen LogP contribution in [0.5, 0.6) is 5.75 Å². The molecule has 2 N–H and O–H groups in total. The van der Waals surface area contributed by atoms with Gasteiger partial charge < -0.3 is 10.1 Å². The molecule has 0 fully saturated rings. The smallest absolute Gasteiger partial charge is 0.329 e. The largest absolute Gasteiger partial charge is 0.497 e. The highest BCUT2D eigenvalue weighted by Gasteiger charge is 2.19. The van der Waals surface area contributed by atoms with Crippen LogP contribution in [0.3, 0.4) is 0 Å². The summed E-state index contributed by atoms with van der Waals surface area (Å²) in [7, 11) is 1.58. The van der Waals surface area contributed by atoms with Crippen molar-refractivity contribution in [1.82, 2.24) is 10.7 Å². The first-order valence-corrected chi connectivity index (χ1v) is 6.11. The van der Waals surface area contributed by atoms with Gasteiger partial charge in [0.1, 0.15) is 5.75 Å². The quantitative estimate of drug-likeness (QED) is 0.492. The number of hydrogen-bond acceptors (Lipinski definition) is 4. The Balaban J connectivity index is 2.51. The normalized spacial score (nSPS) is 11.2. The number of nitrogens with zero attached hydrogens (tertiary/aromatic N) is 1. The maximum absolute atomic E-state index is 11.5. The molecule has 0 bridgehead atoms. The van der Waals surface area contributed by atoms with Gasteiger partial charge in [-0.2, -0.15) is 5.10 Å². The third kappa shape index (κ3) is 5.51. The van der Waals surface area contributed by atoms with Crippen molar-refractivity contribution in [2.75, 3.05) is 7.11 Å². The van der Waals surface area contributed by atoms with Crippen molar-refractivity contribution < 1.29 is 14.3 Å². The van der Waals surface area contributed by atoms with E-state index in [0.29, 0.717) is 0 Å². The van der Waals surface area contributed by atoms with Crippen LogP contribution in [0.4, 0.5) is 0 Å². The van der Waals surface area contributed by atoms with E-state index >= 15 is 0 Å². The molecule has 6 nitrogen and oxygen atoms in total. The third-order valence-corrected chi connectivity index (χ3v) is 2.19. The molecular weight excluding hydrogens is 258 g/mol. The van der Waals surface area contributed by atoms with Gasteiger partial charge in [-0.15, -0.1) is 0 Å². The fourth-order valence-electron chi connectivity index (χ4n) is 1.30. The molecule has 0 heterocycles. The van der Waals surface area contributed by atoms with E-state index in [2.05, 4.69) is 15.8 Å². The Hall–Kier alpha value is -2.37.